The monoisotopic (exact) mass is 222 g/mol. The molecule has 0 aromatic heterocycles. The van der Waals surface area contributed by atoms with Gasteiger partial charge in [0.2, 0.25) is 0 Å². The molecule has 0 amide bonds. The van der Waals surface area contributed by atoms with Crippen LogP contribution in [-0.4, -0.2) is 0 Å². The standard InChI is InChI=1S/C13H19FN2/c1-8-6-9(4-5-11(8)14)12(16-15)10-7-13(10,2)3/h4-6,10,12,16H,7,15H2,1-3H3. The van der Waals surface area contributed by atoms with E-state index in [0.717, 1.165) is 12.0 Å². The Morgan fingerprint density at radius 3 is 2.56 bits per heavy atom. The Balaban J connectivity index is 2.24. The average molecular weight is 222 g/mol. The SMILES string of the molecule is Cc1cc(C(NN)C2CC2(C)C)ccc1F. The van der Waals surface area contributed by atoms with Crippen molar-refractivity contribution in [2.75, 3.05) is 0 Å². The van der Waals surface area contributed by atoms with Crippen molar-refractivity contribution in [3.63, 3.8) is 0 Å². The predicted octanol–water partition coefficient (Wildman–Crippen LogP) is 2.68. The van der Waals surface area contributed by atoms with E-state index in [0.29, 0.717) is 16.9 Å². The highest BCUT2D eigenvalue weighted by Crippen LogP contribution is 2.57. The number of aryl methyl sites for hydroxylation is 1. The molecule has 1 aliphatic carbocycles. The maximum atomic E-state index is 13.2. The summed E-state index contributed by atoms with van der Waals surface area (Å²) < 4.78 is 13.2. The molecule has 16 heavy (non-hydrogen) atoms. The maximum Gasteiger partial charge on any atom is 0.126 e. The van der Waals surface area contributed by atoms with Crippen molar-refractivity contribution in [3.8, 4) is 0 Å². The molecule has 0 radical (unpaired) electrons. The molecule has 2 unspecified atom stereocenters. The number of hydrazine groups is 1. The molecule has 0 aliphatic heterocycles. The normalized spacial score (nSPS) is 24.2. The lowest BCUT2D eigenvalue weighted by Crippen LogP contribution is -2.30. The minimum atomic E-state index is -0.158. The third kappa shape index (κ3) is 1.97. The largest absolute Gasteiger partial charge is 0.271 e. The van der Waals surface area contributed by atoms with Crippen LogP contribution in [0.25, 0.3) is 0 Å². The van der Waals surface area contributed by atoms with E-state index in [9.17, 15) is 4.39 Å². The number of nitrogens with one attached hydrogen (secondary N) is 1. The Hall–Kier alpha value is -0.930. The highest BCUT2D eigenvalue weighted by atomic mass is 19.1. The quantitative estimate of drug-likeness (QED) is 0.609. The van der Waals surface area contributed by atoms with Crippen LogP contribution in [0.1, 0.15) is 37.4 Å². The first-order chi connectivity index (χ1) is 7.45. The maximum absolute atomic E-state index is 13.2. The third-order valence-electron chi connectivity index (χ3n) is 3.71. The molecule has 1 fully saturated rings. The molecule has 2 nitrogen and oxygen atoms in total. The number of benzene rings is 1. The Bertz CT molecular complexity index is 401. The van der Waals surface area contributed by atoms with Crippen molar-refractivity contribution in [1.82, 2.24) is 5.43 Å². The van der Waals surface area contributed by atoms with Gasteiger partial charge in [-0.2, -0.15) is 0 Å². The van der Waals surface area contributed by atoms with Crippen molar-refractivity contribution in [2.24, 2.45) is 17.2 Å². The summed E-state index contributed by atoms with van der Waals surface area (Å²) in [7, 11) is 0. The van der Waals surface area contributed by atoms with Gasteiger partial charge >= 0.3 is 0 Å². The fraction of sp³-hybridized carbons (Fsp3) is 0.538. The van der Waals surface area contributed by atoms with E-state index in [2.05, 4.69) is 19.3 Å². The molecule has 88 valence electrons. The highest BCUT2D eigenvalue weighted by molar-refractivity contribution is 5.28. The number of rotatable bonds is 3. The molecule has 0 saturated heterocycles. The van der Waals surface area contributed by atoms with Gasteiger partial charge in [-0.3, -0.25) is 11.3 Å². The smallest absolute Gasteiger partial charge is 0.126 e. The number of hydrogen-bond acceptors (Lipinski definition) is 2. The Morgan fingerprint density at radius 1 is 1.50 bits per heavy atom. The van der Waals surface area contributed by atoms with Crippen LogP contribution in [0.15, 0.2) is 18.2 Å². The third-order valence-corrected chi connectivity index (χ3v) is 3.71. The molecule has 0 bridgehead atoms. The van der Waals surface area contributed by atoms with Gasteiger partial charge in [-0.25, -0.2) is 4.39 Å². The average Bonchev–Trinajstić information content (AvgIpc) is 2.82. The fourth-order valence-electron chi connectivity index (χ4n) is 2.38. The van der Waals surface area contributed by atoms with Gasteiger partial charge in [0.1, 0.15) is 5.82 Å². The van der Waals surface area contributed by atoms with Crippen LogP contribution in [0.3, 0.4) is 0 Å². The van der Waals surface area contributed by atoms with Gasteiger partial charge in [0, 0.05) is 6.04 Å². The number of hydrogen-bond donors (Lipinski definition) is 2. The molecular weight excluding hydrogens is 203 g/mol. The topological polar surface area (TPSA) is 38.0 Å². The lowest BCUT2D eigenvalue weighted by atomic mass is 9.96. The second-order valence-corrected chi connectivity index (χ2v) is 5.45. The first-order valence-electron chi connectivity index (χ1n) is 5.68. The summed E-state index contributed by atoms with van der Waals surface area (Å²) in [5.74, 6) is 6.00. The van der Waals surface area contributed by atoms with Crippen LogP contribution in [0, 0.1) is 24.1 Å². The van der Waals surface area contributed by atoms with Crippen LogP contribution in [0.5, 0.6) is 0 Å². The minimum Gasteiger partial charge on any atom is -0.271 e. The van der Waals surface area contributed by atoms with E-state index in [-0.39, 0.29) is 11.9 Å². The number of nitrogens with two attached hydrogens (primary N) is 1. The van der Waals surface area contributed by atoms with Gasteiger partial charge in [-0.05, 0) is 41.9 Å². The van der Waals surface area contributed by atoms with Crippen molar-refractivity contribution < 1.29 is 4.39 Å². The van der Waals surface area contributed by atoms with E-state index in [4.69, 9.17) is 5.84 Å². The Kier molecular flexibility index (Phi) is 2.76. The summed E-state index contributed by atoms with van der Waals surface area (Å²) >= 11 is 0. The summed E-state index contributed by atoms with van der Waals surface area (Å²) in [6.45, 7) is 6.25. The van der Waals surface area contributed by atoms with Crippen molar-refractivity contribution in [1.29, 1.82) is 0 Å². The van der Waals surface area contributed by atoms with Crippen molar-refractivity contribution in [3.05, 3.63) is 35.1 Å². The van der Waals surface area contributed by atoms with Crippen LogP contribution >= 0.6 is 0 Å². The van der Waals surface area contributed by atoms with Crippen LogP contribution in [0.2, 0.25) is 0 Å². The zero-order valence-electron chi connectivity index (χ0n) is 10.0. The van der Waals surface area contributed by atoms with Crippen molar-refractivity contribution in [2.45, 2.75) is 33.2 Å². The Morgan fingerprint density at radius 2 is 2.12 bits per heavy atom. The number of halogens is 1. The molecule has 3 N–H and O–H groups in total. The molecule has 2 atom stereocenters. The summed E-state index contributed by atoms with van der Waals surface area (Å²) in [6.07, 6.45) is 1.16. The zero-order valence-corrected chi connectivity index (χ0v) is 10.0. The fourth-order valence-corrected chi connectivity index (χ4v) is 2.38. The second kappa shape index (κ2) is 3.82. The minimum absolute atomic E-state index is 0.134. The van der Waals surface area contributed by atoms with Gasteiger partial charge in [0.25, 0.3) is 0 Å². The highest BCUT2D eigenvalue weighted by Gasteiger charge is 2.50. The van der Waals surface area contributed by atoms with E-state index >= 15 is 0 Å². The summed E-state index contributed by atoms with van der Waals surface area (Å²) in [6, 6.07) is 5.36. The van der Waals surface area contributed by atoms with E-state index in [1.165, 1.54) is 6.07 Å². The van der Waals surface area contributed by atoms with Crippen LogP contribution in [0.4, 0.5) is 4.39 Å². The summed E-state index contributed by atoms with van der Waals surface area (Å²) in [5.41, 5.74) is 4.96. The lowest BCUT2D eigenvalue weighted by molar-refractivity contribution is 0.422. The Labute approximate surface area is 96.0 Å². The van der Waals surface area contributed by atoms with E-state index in [1.54, 1.807) is 6.92 Å². The van der Waals surface area contributed by atoms with Gasteiger partial charge < -0.3 is 0 Å². The first kappa shape index (κ1) is 11.6. The van der Waals surface area contributed by atoms with Crippen LogP contribution in [-0.2, 0) is 0 Å². The first-order valence-corrected chi connectivity index (χ1v) is 5.68. The molecule has 0 heterocycles. The lowest BCUT2D eigenvalue weighted by Gasteiger charge is -2.18. The van der Waals surface area contributed by atoms with Gasteiger partial charge in [-0.15, -0.1) is 0 Å². The molecule has 0 spiro atoms. The molecule has 1 saturated carbocycles. The van der Waals surface area contributed by atoms with E-state index in [1.807, 2.05) is 12.1 Å². The van der Waals surface area contributed by atoms with Gasteiger partial charge in [0.05, 0.1) is 0 Å². The van der Waals surface area contributed by atoms with E-state index < -0.39 is 0 Å². The molecule has 3 heteroatoms. The molecular formula is C13H19FN2. The zero-order chi connectivity index (χ0) is 11.9. The summed E-state index contributed by atoms with van der Waals surface area (Å²) in [5, 5.41) is 0. The second-order valence-electron chi connectivity index (χ2n) is 5.45. The van der Waals surface area contributed by atoms with Crippen LogP contribution < -0.4 is 11.3 Å². The van der Waals surface area contributed by atoms with Gasteiger partial charge in [0.15, 0.2) is 0 Å². The van der Waals surface area contributed by atoms with Gasteiger partial charge in [-0.1, -0.05) is 26.0 Å². The molecule has 1 aromatic rings. The van der Waals surface area contributed by atoms with Crippen molar-refractivity contribution >= 4 is 0 Å². The summed E-state index contributed by atoms with van der Waals surface area (Å²) in [4.78, 5) is 0. The predicted molar refractivity (Wildman–Crippen MR) is 63.1 cm³/mol. The molecule has 1 aliphatic rings. The molecule has 2 rings (SSSR count). The molecule has 1 aromatic carbocycles.